The Labute approximate surface area is 113 Å². The number of hydrogen-bond acceptors (Lipinski definition) is 2. The third-order valence-corrected chi connectivity index (χ3v) is 3.80. The van der Waals surface area contributed by atoms with E-state index in [4.69, 9.17) is 5.73 Å². The van der Waals surface area contributed by atoms with Gasteiger partial charge in [-0.3, -0.25) is 0 Å². The van der Waals surface area contributed by atoms with E-state index < -0.39 is 11.6 Å². The molecule has 0 aliphatic heterocycles. The molecule has 1 aromatic carbocycles. The Hall–Kier alpha value is -1.16. The smallest absolute Gasteiger partial charge is 0.149 e. The number of nitrogens with two attached hydrogens (primary N) is 1. The molecule has 1 saturated carbocycles. The van der Waals surface area contributed by atoms with Crippen LogP contribution in [0.5, 0.6) is 0 Å². The van der Waals surface area contributed by atoms with Crippen molar-refractivity contribution < 1.29 is 8.78 Å². The largest absolute Gasteiger partial charge is 0.370 e. The van der Waals surface area contributed by atoms with Crippen molar-refractivity contribution in [2.45, 2.75) is 32.7 Å². The molecule has 2 nitrogen and oxygen atoms in total. The van der Waals surface area contributed by atoms with Gasteiger partial charge in [-0.15, -0.1) is 0 Å². The van der Waals surface area contributed by atoms with Crippen LogP contribution in [0, 0.1) is 23.5 Å². The van der Waals surface area contributed by atoms with Crippen LogP contribution < -0.4 is 10.6 Å². The van der Waals surface area contributed by atoms with Crippen molar-refractivity contribution in [3.63, 3.8) is 0 Å². The van der Waals surface area contributed by atoms with Crippen molar-refractivity contribution in [2.24, 2.45) is 17.6 Å². The first-order valence-corrected chi connectivity index (χ1v) is 6.83. The van der Waals surface area contributed by atoms with E-state index in [2.05, 4.69) is 6.92 Å². The highest BCUT2D eigenvalue weighted by Crippen LogP contribution is 2.39. The van der Waals surface area contributed by atoms with Gasteiger partial charge in [-0.2, -0.15) is 0 Å². The quantitative estimate of drug-likeness (QED) is 0.889. The van der Waals surface area contributed by atoms with Gasteiger partial charge in [-0.1, -0.05) is 6.92 Å². The molecule has 0 bridgehead atoms. The molecule has 0 saturated heterocycles. The van der Waals surface area contributed by atoms with Crippen LogP contribution in [0.25, 0.3) is 0 Å². The van der Waals surface area contributed by atoms with Gasteiger partial charge in [0.25, 0.3) is 0 Å². The molecular formula is C15H22F2N2. The Bertz CT molecular complexity index is 436. The van der Waals surface area contributed by atoms with E-state index in [-0.39, 0.29) is 11.7 Å². The summed E-state index contributed by atoms with van der Waals surface area (Å²) in [6.07, 6.45) is 1.63. The highest BCUT2D eigenvalue weighted by atomic mass is 19.1. The van der Waals surface area contributed by atoms with E-state index >= 15 is 0 Å². The Balaban J connectivity index is 2.15. The molecule has 4 heteroatoms. The number of nitrogens with zero attached hydrogens (tertiary/aromatic N) is 1. The highest BCUT2D eigenvalue weighted by Gasteiger charge is 2.34. The maximum atomic E-state index is 14.1. The fourth-order valence-corrected chi connectivity index (χ4v) is 2.57. The maximum absolute atomic E-state index is 14.1. The molecule has 106 valence electrons. The zero-order valence-corrected chi connectivity index (χ0v) is 11.8. The van der Waals surface area contributed by atoms with E-state index in [1.54, 1.807) is 11.9 Å². The average Bonchev–Trinajstić information content (AvgIpc) is 2.91. The zero-order chi connectivity index (χ0) is 14.2. The number of rotatable bonds is 5. The first kappa shape index (κ1) is 14.3. The lowest BCUT2D eigenvalue weighted by molar-refractivity contribution is 0.566. The molecule has 19 heavy (non-hydrogen) atoms. The number of hydrogen-bond donors (Lipinski definition) is 1. The summed E-state index contributed by atoms with van der Waals surface area (Å²) in [6.45, 7) is 4.70. The predicted octanol–water partition coefficient (Wildman–Crippen LogP) is 2.95. The van der Waals surface area contributed by atoms with Gasteiger partial charge in [0.2, 0.25) is 0 Å². The molecule has 1 fully saturated rings. The normalized spacial score (nSPS) is 23.3. The van der Waals surface area contributed by atoms with Crippen LogP contribution in [0.3, 0.4) is 0 Å². The van der Waals surface area contributed by atoms with Gasteiger partial charge in [0.15, 0.2) is 0 Å². The molecular weight excluding hydrogens is 246 g/mol. The minimum absolute atomic E-state index is 0.0764. The molecule has 0 radical (unpaired) electrons. The maximum Gasteiger partial charge on any atom is 0.149 e. The van der Waals surface area contributed by atoms with Crippen LogP contribution in [0.4, 0.5) is 14.5 Å². The summed E-state index contributed by atoms with van der Waals surface area (Å²) in [7, 11) is 1.75. The third kappa shape index (κ3) is 3.44. The lowest BCUT2D eigenvalue weighted by atomic mass is 10.1. The summed E-state index contributed by atoms with van der Waals surface area (Å²) >= 11 is 0. The van der Waals surface area contributed by atoms with Crippen LogP contribution >= 0.6 is 0 Å². The van der Waals surface area contributed by atoms with Gasteiger partial charge in [0.1, 0.15) is 17.3 Å². The van der Waals surface area contributed by atoms with E-state index in [0.717, 1.165) is 6.42 Å². The van der Waals surface area contributed by atoms with E-state index in [1.165, 1.54) is 12.1 Å². The first-order chi connectivity index (χ1) is 8.88. The standard InChI is InChI=1S/C15H22F2N2/c1-9-4-12(9)8-19(3)15-13(16)6-11(5-10(2)18)7-14(15)17/h6-7,9-10,12H,4-5,8,18H2,1-3H3. The molecule has 1 aromatic rings. The number of halogens is 2. The summed E-state index contributed by atoms with van der Waals surface area (Å²) in [4.78, 5) is 1.69. The summed E-state index contributed by atoms with van der Waals surface area (Å²) < 4.78 is 28.1. The molecule has 2 N–H and O–H groups in total. The fraction of sp³-hybridized carbons (Fsp3) is 0.600. The van der Waals surface area contributed by atoms with Gasteiger partial charge in [0, 0.05) is 19.6 Å². The number of anilines is 1. The molecule has 1 aliphatic rings. The molecule has 3 unspecified atom stereocenters. The summed E-state index contributed by atoms with van der Waals surface area (Å²) in [5.41, 5.74) is 6.35. The second-order valence-electron chi connectivity index (χ2n) is 5.94. The van der Waals surface area contributed by atoms with Crippen molar-refractivity contribution in [3.8, 4) is 0 Å². The van der Waals surface area contributed by atoms with E-state index in [0.29, 0.717) is 30.4 Å². The van der Waals surface area contributed by atoms with Gasteiger partial charge in [0.05, 0.1) is 0 Å². The second kappa shape index (κ2) is 5.45. The van der Waals surface area contributed by atoms with Crippen LogP contribution in [0.1, 0.15) is 25.8 Å². The van der Waals surface area contributed by atoms with Crippen molar-refractivity contribution in [1.29, 1.82) is 0 Å². The van der Waals surface area contributed by atoms with Crippen LogP contribution in [-0.4, -0.2) is 19.6 Å². The summed E-state index contributed by atoms with van der Waals surface area (Å²) in [6, 6.07) is 2.69. The second-order valence-corrected chi connectivity index (χ2v) is 5.94. The molecule has 0 spiro atoms. The topological polar surface area (TPSA) is 29.3 Å². The third-order valence-electron chi connectivity index (χ3n) is 3.80. The molecule has 3 atom stereocenters. The Morgan fingerprint density at radius 2 is 1.89 bits per heavy atom. The monoisotopic (exact) mass is 268 g/mol. The van der Waals surface area contributed by atoms with Gasteiger partial charge in [-0.05, 0) is 49.3 Å². The Kier molecular flexibility index (Phi) is 4.09. The van der Waals surface area contributed by atoms with Crippen LogP contribution in [-0.2, 0) is 6.42 Å². The van der Waals surface area contributed by atoms with Gasteiger partial charge in [-0.25, -0.2) is 8.78 Å². The highest BCUT2D eigenvalue weighted by molar-refractivity contribution is 5.50. The van der Waals surface area contributed by atoms with Crippen LogP contribution in [0.15, 0.2) is 12.1 Å². The minimum atomic E-state index is -0.494. The molecule has 0 heterocycles. The lowest BCUT2D eigenvalue weighted by Crippen LogP contribution is -2.23. The molecule has 2 rings (SSSR count). The van der Waals surface area contributed by atoms with E-state index in [9.17, 15) is 8.78 Å². The summed E-state index contributed by atoms with van der Waals surface area (Å²) in [5, 5.41) is 0. The Morgan fingerprint density at radius 1 is 1.37 bits per heavy atom. The molecule has 1 aliphatic carbocycles. The van der Waals surface area contributed by atoms with Gasteiger partial charge >= 0.3 is 0 Å². The van der Waals surface area contributed by atoms with Crippen molar-refractivity contribution >= 4 is 5.69 Å². The molecule has 0 amide bonds. The fourth-order valence-electron chi connectivity index (χ4n) is 2.57. The SMILES string of the molecule is CC(N)Cc1cc(F)c(N(C)CC2CC2C)c(F)c1. The summed E-state index contributed by atoms with van der Waals surface area (Å²) in [5.74, 6) is 0.247. The average molecular weight is 268 g/mol. The van der Waals surface area contributed by atoms with Gasteiger partial charge < -0.3 is 10.6 Å². The van der Waals surface area contributed by atoms with Crippen molar-refractivity contribution in [2.75, 3.05) is 18.5 Å². The lowest BCUT2D eigenvalue weighted by Gasteiger charge is -2.21. The zero-order valence-electron chi connectivity index (χ0n) is 11.8. The Morgan fingerprint density at radius 3 is 2.32 bits per heavy atom. The van der Waals surface area contributed by atoms with Crippen molar-refractivity contribution in [3.05, 3.63) is 29.3 Å². The van der Waals surface area contributed by atoms with E-state index in [1.807, 2.05) is 6.92 Å². The van der Waals surface area contributed by atoms with Crippen LogP contribution in [0.2, 0.25) is 0 Å². The minimum Gasteiger partial charge on any atom is -0.370 e. The predicted molar refractivity (Wildman–Crippen MR) is 74.3 cm³/mol. The molecule has 0 aromatic heterocycles. The first-order valence-electron chi connectivity index (χ1n) is 6.83. The van der Waals surface area contributed by atoms with Crippen molar-refractivity contribution in [1.82, 2.24) is 0 Å². The number of benzene rings is 1.